The summed E-state index contributed by atoms with van der Waals surface area (Å²) < 4.78 is 11.1. The number of thioether (sulfide) groups is 1. The van der Waals surface area contributed by atoms with Gasteiger partial charge in [0.15, 0.2) is 0 Å². The Labute approximate surface area is 120 Å². The Kier molecular flexibility index (Phi) is 6.17. The second-order valence-corrected chi connectivity index (χ2v) is 5.82. The zero-order valence-corrected chi connectivity index (χ0v) is 12.5. The third kappa shape index (κ3) is 4.21. The van der Waals surface area contributed by atoms with Crippen LogP contribution in [0.3, 0.4) is 0 Å². The fourth-order valence-corrected chi connectivity index (χ4v) is 3.21. The normalized spacial score (nSPS) is 26.1. The topological polar surface area (TPSA) is 30.5 Å². The van der Waals surface area contributed by atoms with E-state index < -0.39 is 0 Å². The molecule has 3 unspecified atom stereocenters. The molecule has 3 nitrogen and oxygen atoms in total. The van der Waals surface area contributed by atoms with E-state index >= 15 is 0 Å². The molecule has 1 aliphatic rings. The minimum atomic E-state index is 0.210. The molecule has 0 bridgehead atoms. The minimum absolute atomic E-state index is 0.210. The molecular formula is C15H23NO2S. The molecule has 1 N–H and O–H groups in total. The highest BCUT2D eigenvalue weighted by molar-refractivity contribution is 7.99. The Balaban J connectivity index is 1.61. The molecule has 1 aromatic carbocycles. The number of rotatable bonds is 8. The molecule has 0 saturated heterocycles. The molecule has 3 atom stereocenters. The van der Waals surface area contributed by atoms with Gasteiger partial charge < -0.3 is 14.8 Å². The highest BCUT2D eigenvalue weighted by atomic mass is 32.2. The number of hydrogen-bond donors (Lipinski definition) is 1. The van der Waals surface area contributed by atoms with E-state index in [4.69, 9.17) is 9.47 Å². The summed E-state index contributed by atoms with van der Waals surface area (Å²) in [7, 11) is 1.77. The van der Waals surface area contributed by atoms with Crippen molar-refractivity contribution in [1.82, 2.24) is 5.32 Å². The molecule has 1 aliphatic carbocycles. The van der Waals surface area contributed by atoms with Crippen LogP contribution in [0.4, 0.5) is 0 Å². The minimum Gasteiger partial charge on any atom is -0.377 e. The van der Waals surface area contributed by atoms with Gasteiger partial charge in [0.25, 0.3) is 0 Å². The van der Waals surface area contributed by atoms with Crippen LogP contribution in [0.2, 0.25) is 0 Å². The van der Waals surface area contributed by atoms with Gasteiger partial charge >= 0.3 is 0 Å². The first-order chi connectivity index (χ1) is 9.35. The van der Waals surface area contributed by atoms with E-state index in [0.717, 1.165) is 25.3 Å². The average molecular weight is 281 g/mol. The van der Waals surface area contributed by atoms with Crippen LogP contribution in [0.25, 0.3) is 0 Å². The second kappa shape index (κ2) is 7.90. The predicted octanol–water partition coefficient (Wildman–Crippen LogP) is 2.56. The first-order valence-electron chi connectivity index (χ1n) is 6.90. The Bertz CT molecular complexity index is 360. The van der Waals surface area contributed by atoms with Gasteiger partial charge in [-0.3, -0.25) is 0 Å². The van der Waals surface area contributed by atoms with Crippen molar-refractivity contribution in [2.24, 2.45) is 0 Å². The summed E-state index contributed by atoms with van der Waals surface area (Å²) in [6.07, 6.45) is 1.54. The monoisotopic (exact) mass is 281 g/mol. The highest BCUT2D eigenvalue weighted by Gasteiger charge is 2.41. The Morgan fingerprint density at radius 1 is 1.32 bits per heavy atom. The zero-order chi connectivity index (χ0) is 13.5. The molecule has 106 valence electrons. The van der Waals surface area contributed by atoms with Crippen LogP contribution in [-0.2, 0) is 9.47 Å². The maximum Gasteiger partial charge on any atom is 0.0986 e. The van der Waals surface area contributed by atoms with Crippen LogP contribution in [0.1, 0.15) is 13.3 Å². The smallest absolute Gasteiger partial charge is 0.0986 e. The summed E-state index contributed by atoms with van der Waals surface area (Å²) in [6.45, 7) is 3.80. The van der Waals surface area contributed by atoms with E-state index in [2.05, 4.69) is 29.6 Å². The number of benzene rings is 1. The Hall–Kier alpha value is -0.550. The van der Waals surface area contributed by atoms with Gasteiger partial charge in [0.05, 0.1) is 12.2 Å². The third-order valence-electron chi connectivity index (χ3n) is 3.42. The largest absolute Gasteiger partial charge is 0.377 e. The second-order valence-electron chi connectivity index (χ2n) is 4.65. The highest BCUT2D eigenvalue weighted by Crippen LogP contribution is 2.27. The first kappa shape index (κ1) is 14.9. The van der Waals surface area contributed by atoms with Crippen LogP contribution in [0.15, 0.2) is 35.2 Å². The molecule has 0 heterocycles. The number of ether oxygens (including phenoxy) is 2. The molecule has 1 fully saturated rings. The fourth-order valence-electron chi connectivity index (χ4n) is 2.40. The average Bonchev–Trinajstić information content (AvgIpc) is 2.42. The number of hydrogen-bond acceptors (Lipinski definition) is 4. The molecule has 0 amide bonds. The van der Waals surface area contributed by atoms with Crippen molar-refractivity contribution >= 4 is 11.8 Å². The standard InChI is InChI=1S/C15H23NO2S/c1-3-18-14-11-13(15(14)17-2)16-9-10-19-12-7-5-4-6-8-12/h4-8,13-16H,3,9-11H2,1-2H3. The fraction of sp³-hybridized carbons (Fsp3) is 0.600. The van der Waals surface area contributed by atoms with Crippen LogP contribution in [0.5, 0.6) is 0 Å². The lowest BCUT2D eigenvalue weighted by Gasteiger charge is -2.43. The van der Waals surface area contributed by atoms with Gasteiger partial charge in [0, 0.05) is 37.0 Å². The van der Waals surface area contributed by atoms with E-state index in [0.29, 0.717) is 6.04 Å². The van der Waals surface area contributed by atoms with E-state index in [1.807, 2.05) is 24.8 Å². The number of methoxy groups -OCH3 is 1. The molecule has 0 spiro atoms. The van der Waals surface area contributed by atoms with Crippen LogP contribution in [0, 0.1) is 0 Å². The Morgan fingerprint density at radius 3 is 2.79 bits per heavy atom. The summed E-state index contributed by atoms with van der Waals surface area (Å²) in [5.41, 5.74) is 0. The molecule has 0 aliphatic heterocycles. The molecule has 0 aromatic heterocycles. The summed E-state index contributed by atoms with van der Waals surface area (Å²) in [4.78, 5) is 1.33. The van der Waals surface area contributed by atoms with Gasteiger partial charge in [0.2, 0.25) is 0 Å². The molecule has 1 saturated carbocycles. The van der Waals surface area contributed by atoms with Crippen LogP contribution in [-0.4, -0.2) is 44.3 Å². The maximum atomic E-state index is 5.62. The summed E-state index contributed by atoms with van der Waals surface area (Å²) in [5, 5.41) is 3.55. The SMILES string of the molecule is CCOC1CC(NCCSc2ccccc2)C1OC. The zero-order valence-electron chi connectivity index (χ0n) is 11.7. The molecule has 4 heteroatoms. The van der Waals surface area contributed by atoms with E-state index in [1.54, 1.807) is 7.11 Å². The van der Waals surface area contributed by atoms with Crippen molar-refractivity contribution < 1.29 is 9.47 Å². The van der Waals surface area contributed by atoms with Crippen molar-refractivity contribution in [3.8, 4) is 0 Å². The van der Waals surface area contributed by atoms with E-state index in [-0.39, 0.29) is 12.2 Å². The van der Waals surface area contributed by atoms with E-state index in [9.17, 15) is 0 Å². The molecule has 0 radical (unpaired) electrons. The quantitative estimate of drug-likeness (QED) is 0.586. The lowest BCUT2D eigenvalue weighted by atomic mass is 9.85. The van der Waals surface area contributed by atoms with Crippen molar-refractivity contribution in [2.45, 2.75) is 36.5 Å². The van der Waals surface area contributed by atoms with Gasteiger partial charge in [-0.25, -0.2) is 0 Å². The van der Waals surface area contributed by atoms with Gasteiger partial charge in [-0.05, 0) is 25.5 Å². The van der Waals surface area contributed by atoms with Crippen molar-refractivity contribution in [3.63, 3.8) is 0 Å². The van der Waals surface area contributed by atoms with Gasteiger partial charge in [-0.1, -0.05) is 18.2 Å². The third-order valence-corrected chi connectivity index (χ3v) is 4.44. The predicted molar refractivity (Wildman–Crippen MR) is 79.8 cm³/mol. The van der Waals surface area contributed by atoms with Crippen LogP contribution < -0.4 is 5.32 Å². The molecular weight excluding hydrogens is 258 g/mol. The lowest BCUT2D eigenvalue weighted by Crippen LogP contribution is -2.60. The molecule has 1 aromatic rings. The summed E-state index contributed by atoms with van der Waals surface area (Å²) >= 11 is 1.88. The van der Waals surface area contributed by atoms with Gasteiger partial charge in [-0.2, -0.15) is 0 Å². The molecule has 19 heavy (non-hydrogen) atoms. The summed E-state index contributed by atoms with van der Waals surface area (Å²) in [5.74, 6) is 1.08. The van der Waals surface area contributed by atoms with Gasteiger partial charge in [0.1, 0.15) is 0 Å². The Morgan fingerprint density at radius 2 is 2.11 bits per heavy atom. The maximum absolute atomic E-state index is 5.62. The van der Waals surface area contributed by atoms with Crippen LogP contribution >= 0.6 is 11.8 Å². The van der Waals surface area contributed by atoms with Crippen molar-refractivity contribution in [3.05, 3.63) is 30.3 Å². The molecule has 2 rings (SSSR count). The summed E-state index contributed by atoms with van der Waals surface area (Å²) in [6, 6.07) is 10.9. The van der Waals surface area contributed by atoms with Crippen molar-refractivity contribution in [2.75, 3.05) is 26.0 Å². The van der Waals surface area contributed by atoms with Crippen molar-refractivity contribution in [1.29, 1.82) is 0 Å². The number of nitrogens with one attached hydrogen (secondary N) is 1. The first-order valence-corrected chi connectivity index (χ1v) is 7.89. The van der Waals surface area contributed by atoms with Gasteiger partial charge in [-0.15, -0.1) is 11.8 Å². The van der Waals surface area contributed by atoms with E-state index in [1.165, 1.54) is 4.90 Å². The lowest BCUT2D eigenvalue weighted by molar-refractivity contribution is -0.130.